The maximum absolute atomic E-state index is 10.6. The van der Waals surface area contributed by atoms with Gasteiger partial charge in [0.05, 0.1) is 0 Å². The van der Waals surface area contributed by atoms with Gasteiger partial charge < -0.3 is 10.1 Å². The SMILES string of the molecule is CCCCC(C=O)CCCNC. The van der Waals surface area contributed by atoms with Gasteiger partial charge in [-0.1, -0.05) is 19.8 Å². The van der Waals surface area contributed by atoms with E-state index >= 15 is 0 Å². The lowest BCUT2D eigenvalue weighted by Gasteiger charge is -2.08. The number of hydrogen-bond acceptors (Lipinski definition) is 2. The Labute approximate surface area is 75.7 Å². The molecule has 0 amide bonds. The smallest absolute Gasteiger partial charge is 0.123 e. The molecule has 1 unspecified atom stereocenters. The first kappa shape index (κ1) is 11.6. The van der Waals surface area contributed by atoms with Crippen molar-refractivity contribution in [1.29, 1.82) is 0 Å². The Hall–Kier alpha value is -0.370. The van der Waals surface area contributed by atoms with E-state index in [1.807, 2.05) is 7.05 Å². The fourth-order valence-electron chi connectivity index (χ4n) is 1.29. The third-order valence-corrected chi connectivity index (χ3v) is 2.12. The van der Waals surface area contributed by atoms with Crippen molar-refractivity contribution in [2.45, 2.75) is 39.0 Å². The standard InChI is InChI=1S/C10H21NO/c1-3-4-6-10(9-12)7-5-8-11-2/h9-11H,3-8H2,1-2H3. The highest BCUT2D eigenvalue weighted by atomic mass is 16.1. The molecular weight excluding hydrogens is 150 g/mol. The summed E-state index contributed by atoms with van der Waals surface area (Å²) in [6, 6.07) is 0. The normalized spacial score (nSPS) is 12.8. The predicted octanol–water partition coefficient (Wildman–Crippen LogP) is 1.99. The molecule has 0 spiro atoms. The van der Waals surface area contributed by atoms with Gasteiger partial charge in [0.1, 0.15) is 6.29 Å². The number of unbranched alkanes of at least 4 members (excludes halogenated alkanes) is 1. The van der Waals surface area contributed by atoms with Gasteiger partial charge in [-0.3, -0.25) is 0 Å². The lowest BCUT2D eigenvalue weighted by atomic mass is 9.98. The van der Waals surface area contributed by atoms with Crippen LogP contribution in [0.5, 0.6) is 0 Å². The Morgan fingerprint density at radius 1 is 1.33 bits per heavy atom. The first-order chi connectivity index (χ1) is 5.85. The second-order valence-corrected chi connectivity index (χ2v) is 3.28. The molecule has 72 valence electrons. The van der Waals surface area contributed by atoms with Crippen LogP contribution in [0, 0.1) is 5.92 Å². The molecule has 0 aromatic heterocycles. The average Bonchev–Trinajstić information content (AvgIpc) is 2.11. The molecule has 0 fully saturated rings. The van der Waals surface area contributed by atoms with Gasteiger partial charge in [-0.2, -0.15) is 0 Å². The van der Waals surface area contributed by atoms with E-state index in [2.05, 4.69) is 12.2 Å². The van der Waals surface area contributed by atoms with E-state index in [9.17, 15) is 4.79 Å². The average molecular weight is 171 g/mol. The van der Waals surface area contributed by atoms with Crippen molar-refractivity contribution in [3.63, 3.8) is 0 Å². The van der Waals surface area contributed by atoms with Crippen molar-refractivity contribution in [2.75, 3.05) is 13.6 Å². The first-order valence-corrected chi connectivity index (χ1v) is 4.95. The minimum atomic E-state index is 0.304. The monoisotopic (exact) mass is 171 g/mol. The molecule has 0 aliphatic heterocycles. The number of carbonyl (C=O) groups is 1. The quantitative estimate of drug-likeness (QED) is 0.447. The van der Waals surface area contributed by atoms with Crippen LogP contribution in [-0.4, -0.2) is 19.9 Å². The van der Waals surface area contributed by atoms with Gasteiger partial charge in [-0.15, -0.1) is 0 Å². The number of carbonyl (C=O) groups excluding carboxylic acids is 1. The summed E-state index contributed by atoms with van der Waals surface area (Å²) in [6.45, 7) is 3.19. The van der Waals surface area contributed by atoms with E-state index in [0.717, 1.165) is 32.1 Å². The van der Waals surface area contributed by atoms with Crippen LogP contribution in [0.1, 0.15) is 39.0 Å². The molecule has 0 aliphatic carbocycles. The first-order valence-electron chi connectivity index (χ1n) is 4.95. The summed E-state index contributed by atoms with van der Waals surface area (Å²) in [4.78, 5) is 10.6. The van der Waals surface area contributed by atoms with Crippen LogP contribution in [0.3, 0.4) is 0 Å². The molecule has 1 atom stereocenters. The maximum Gasteiger partial charge on any atom is 0.123 e. The summed E-state index contributed by atoms with van der Waals surface area (Å²) >= 11 is 0. The Kier molecular flexibility index (Phi) is 8.46. The molecular formula is C10H21NO. The molecule has 2 heteroatoms. The third-order valence-electron chi connectivity index (χ3n) is 2.12. The topological polar surface area (TPSA) is 29.1 Å². The Morgan fingerprint density at radius 2 is 2.00 bits per heavy atom. The van der Waals surface area contributed by atoms with Crippen molar-refractivity contribution in [3.05, 3.63) is 0 Å². The molecule has 0 radical (unpaired) electrons. The largest absolute Gasteiger partial charge is 0.320 e. The zero-order valence-corrected chi connectivity index (χ0v) is 8.31. The van der Waals surface area contributed by atoms with E-state index in [0.29, 0.717) is 5.92 Å². The van der Waals surface area contributed by atoms with Gasteiger partial charge in [0.2, 0.25) is 0 Å². The van der Waals surface area contributed by atoms with E-state index in [1.54, 1.807) is 0 Å². The minimum absolute atomic E-state index is 0.304. The van der Waals surface area contributed by atoms with E-state index in [1.165, 1.54) is 12.8 Å². The fourth-order valence-corrected chi connectivity index (χ4v) is 1.29. The number of aldehydes is 1. The molecule has 2 nitrogen and oxygen atoms in total. The second kappa shape index (κ2) is 8.72. The highest BCUT2D eigenvalue weighted by Crippen LogP contribution is 2.11. The van der Waals surface area contributed by atoms with E-state index in [4.69, 9.17) is 0 Å². The van der Waals surface area contributed by atoms with Crippen LogP contribution in [0.25, 0.3) is 0 Å². The number of nitrogens with one attached hydrogen (secondary N) is 1. The number of hydrogen-bond donors (Lipinski definition) is 1. The van der Waals surface area contributed by atoms with Crippen molar-refractivity contribution < 1.29 is 4.79 Å². The van der Waals surface area contributed by atoms with Gasteiger partial charge >= 0.3 is 0 Å². The van der Waals surface area contributed by atoms with Crippen molar-refractivity contribution in [3.8, 4) is 0 Å². The summed E-state index contributed by atoms with van der Waals surface area (Å²) < 4.78 is 0. The van der Waals surface area contributed by atoms with Crippen LogP contribution in [0.2, 0.25) is 0 Å². The molecule has 0 heterocycles. The summed E-state index contributed by atoms with van der Waals surface area (Å²) in [5.74, 6) is 0.304. The molecule has 1 N–H and O–H groups in total. The van der Waals surface area contributed by atoms with E-state index in [-0.39, 0.29) is 0 Å². The zero-order chi connectivity index (χ0) is 9.23. The molecule has 0 aromatic rings. The van der Waals surface area contributed by atoms with Crippen LogP contribution in [-0.2, 0) is 4.79 Å². The summed E-state index contributed by atoms with van der Waals surface area (Å²) in [5, 5.41) is 3.09. The van der Waals surface area contributed by atoms with Gasteiger partial charge in [0, 0.05) is 5.92 Å². The van der Waals surface area contributed by atoms with Gasteiger partial charge in [0.25, 0.3) is 0 Å². The molecule has 0 aromatic carbocycles. The van der Waals surface area contributed by atoms with Crippen molar-refractivity contribution >= 4 is 6.29 Å². The number of rotatable bonds is 8. The van der Waals surface area contributed by atoms with Crippen LogP contribution < -0.4 is 5.32 Å². The van der Waals surface area contributed by atoms with Crippen molar-refractivity contribution in [2.24, 2.45) is 5.92 Å². The van der Waals surface area contributed by atoms with E-state index < -0.39 is 0 Å². The van der Waals surface area contributed by atoms with Crippen molar-refractivity contribution in [1.82, 2.24) is 5.32 Å². The Morgan fingerprint density at radius 3 is 2.50 bits per heavy atom. The Bertz CT molecular complexity index is 104. The highest BCUT2D eigenvalue weighted by Gasteiger charge is 2.05. The van der Waals surface area contributed by atoms with Crippen LogP contribution >= 0.6 is 0 Å². The summed E-state index contributed by atoms with van der Waals surface area (Å²) in [6.07, 6.45) is 6.72. The maximum atomic E-state index is 10.6. The highest BCUT2D eigenvalue weighted by molar-refractivity contribution is 5.53. The second-order valence-electron chi connectivity index (χ2n) is 3.28. The van der Waals surface area contributed by atoms with Gasteiger partial charge in [0.15, 0.2) is 0 Å². The molecule has 0 aliphatic rings. The lowest BCUT2D eigenvalue weighted by molar-refractivity contribution is -0.111. The molecule has 0 saturated carbocycles. The minimum Gasteiger partial charge on any atom is -0.320 e. The lowest BCUT2D eigenvalue weighted by Crippen LogP contribution is -2.10. The van der Waals surface area contributed by atoms with Gasteiger partial charge in [-0.25, -0.2) is 0 Å². The van der Waals surface area contributed by atoms with Gasteiger partial charge in [-0.05, 0) is 32.9 Å². The molecule has 12 heavy (non-hydrogen) atoms. The zero-order valence-electron chi connectivity index (χ0n) is 8.31. The predicted molar refractivity (Wildman–Crippen MR) is 52.2 cm³/mol. The molecule has 0 bridgehead atoms. The summed E-state index contributed by atoms with van der Waals surface area (Å²) in [7, 11) is 1.95. The summed E-state index contributed by atoms with van der Waals surface area (Å²) in [5.41, 5.74) is 0. The molecule has 0 saturated heterocycles. The van der Waals surface area contributed by atoms with Crippen LogP contribution in [0.15, 0.2) is 0 Å². The molecule has 0 rings (SSSR count). The Balaban J connectivity index is 3.32. The van der Waals surface area contributed by atoms with Crippen LogP contribution in [0.4, 0.5) is 0 Å². The fraction of sp³-hybridized carbons (Fsp3) is 0.900. The third kappa shape index (κ3) is 6.35.